The molecule has 2 unspecified atom stereocenters. The Labute approximate surface area is 301 Å². The standard InChI is InChI=1S/C49H40N2/c1-4-36-14-10-20-44(34-36)50(47-23-12-17-40-16-6-7-22-46(40)47)42-29-25-38(26-30-42)39-27-31-43(32-28-39)51(45-21-11-15-37(5-2)35-45)48-24-13-19-41-18-8-9-33-49(41,48)3/h4-35,48H,1-2H2,3H3. The predicted octanol–water partition coefficient (Wildman–Crippen LogP) is 13.4. The van der Waals surface area contributed by atoms with Gasteiger partial charge in [0.25, 0.3) is 0 Å². The van der Waals surface area contributed by atoms with Crippen molar-refractivity contribution in [2.75, 3.05) is 9.80 Å². The first-order valence-corrected chi connectivity index (χ1v) is 17.5. The molecule has 51 heavy (non-hydrogen) atoms. The summed E-state index contributed by atoms with van der Waals surface area (Å²) >= 11 is 0. The summed E-state index contributed by atoms with van der Waals surface area (Å²) in [5.41, 5.74) is 11.3. The third-order valence-electron chi connectivity index (χ3n) is 10.3. The number of benzene rings is 6. The zero-order chi connectivity index (χ0) is 34.8. The highest BCUT2D eigenvalue weighted by Gasteiger charge is 2.40. The van der Waals surface area contributed by atoms with Crippen molar-refractivity contribution < 1.29 is 0 Å². The summed E-state index contributed by atoms with van der Waals surface area (Å²) in [5.74, 6) is 0. The molecule has 2 heteroatoms. The number of hydrogen-bond donors (Lipinski definition) is 0. The van der Waals surface area contributed by atoms with Gasteiger partial charge in [0.2, 0.25) is 0 Å². The molecule has 0 saturated heterocycles. The van der Waals surface area contributed by atoms with Crippen LogP contribution in [0.2, 0.25) is 0 Å². The van der Waals surface area contributed by atoms with Crippen LogP contribution in [-0.4, -0.2) is 6.04 Å². The molecule has 6 aromatic rings. The van der Waals surface area contributed by atoms with Gasteiger partial charge in [-0.15, -0.1) is 0 Å². The number of fused-ring (bicyclic) bond motifs is 2. The zero-order valence-corrected chi connectivity index (χ0v) is 28.9. The van der Waals surface area contributed by atoms with Gasteiger partial charge in [-0.25, -0.2) is 0 Å². The molecule has 8 rings (SSSR count). The van der Waals surface area contributed by atoms with Gasteiger partial charge < -0.3 is 9.80 Å². The first-order chi connectivity index (χ1) is 25.1. The summed E-state index contributed by atoms with van der Waals surface area (Å²) in [6.45, 7) is 10.4. The van der Waals surface area contributed by atoms with Crippen LogP contribution in [0.5, 0.6) is 0 Å². The van der Waals surface area contributed by atoms with Gasteiger partial charge >= 0.3 is 0 Å². The average molecular weight is 657 g/mol. The quantitative estimate of drug-likeness (QED) is 0.153. The predicted molar refractivity (Wildman–Crippen MR) is 220 cm³/mol. The monoisotopic (exact) mass is 656 g/mol. The Kier molecular flexibility index (Phi) is 8.43. The van der Waals surface area contributed by atoms with Crippen molar-refractivity contribution in [3.63, 3.8) is 0 Å². The molecule has 0 bridgehead atoms. The van der Waals surface area contributed by atoms with Crippen molar-refractivity contribution in [1.29, 1.82) is 0 Å². The van der Waals surface area contributed by atoms with E-state index in [2.05, 4.69) is 212 Å². The lowest BCUT2D eigenvalue weighted by molar-refractivity contribution is 0.450. The van der Waals surface area contributed by atoms with Gasteiger partial charge in [0.1, 0.15) is 0 Å². The molecular formula is C49H40N2. The first-order valence-electron chi connectivity index (χ1n) is 17.5. The average Bonchev–Trinajstić information content (AvgIpc) is 3.19. The molecule has 0 amide bonds. The Bertz CT molecular complexity index is 2370. The van der Waals surface area contributed by atoms with Gasteiger partial charge in [0, 0.05) is 33.6 Å². The molecule has 6 aromatic carbocycles. The largest absolute Gasteiger partial charge is 0.333 e. The normalized spacial score (nSPS) is 17.4. The van der Waals surface area contributed by atoms with Crippen LogP contribution in [0.3, 0.4) is 0 Å². The number of hydrogen-bond acceptors (Lipinski definition) is 2. The summed E-state index contributed by atoms with van der Waals surface area (Å²) in [5, 5.41) is 2.42. The molecule has 0 aliphatic heterocycles. The lowest BCUT2D eigenvalue weighted by Crippen LogP contribution is -2.44. The third kappa shape index (κ3) is 5.96. The molecule has 0 spiro atoms. The van der Waals surface area contributed by atoms with E-state index in [9.17, 15) is 0 Å². The topological polar surface area (TPSA) is 6.48 Å². The van der Waals surface area contributed by atoms with E-state index in [0.29, 0.717) is 0 Å². The Hall–Kier alpha value is -6.38. The van der Waals surface area contributed by atoms with Crippen LogP contribution in [0.15, 0.2) is 201 Å². The minimum absolute atomic E-state index is 0.0866. The fourth-order valence-electron chi connectivity index (χ4n) is 7.52. The molecule has 0 heterocycles. The van der Waals surface area contributed by atoms with Crippen LogP contribution in [0.4, 0.5) is 28.4 Å². The van der Waals surface area contributed by atoms with Crippen molar-refractivity contribution in [1.82, 2.24) is 0 Å². The molecule has 0 radical (unpaired) electrons. The van der Waals surface area contributed by atoms with E-state index in [0.717, 1.165) is 39.6 Å². The summed E-state index contributed by atoms with van der Waals surface area (Å²) in [6, 6.07) is 50.3. The Morgan fingerprint density at radius 1 is 0.588 bits per heavy atom. The smallest absolute Gasteiger partial charge is 0.0654 e. The van der Waals surface area contributed by atoms with Gasteiger partial charge in [-0.2, -0.15) is 0 Å². The highest BCUT2D eigenvalue weighted by molar-refractivity contribution is 5.99. The second-order valence-electron chi connectivity index (χ2n) is 13.3. The van der Waals surface area contributed by atoms with E-state index < -0.39 is 0 Å². The molecule has 0 saturated carbocycles. The van der Waals surface area contributed by atoms with Crippen LogP contribution in [0.25, 0.3) is 34.1 Å². The second kappa shape index (κ2) is 13.5. The van der Waals surface area contributed by atoms with E-state index in [-0.39, 0.29) is 11.5 Å². The number of anilines is 5. The van der Waals surface area contributed by atoms with Crippen LogP contribution < -0.4 is 9.80 Å². The van der Waals surface area contributed by atoms with Crippen molar-refractivity contribution in [3.8, 4) is 11.1 Å². The summed E-state index contributed by atoms with van der Waals surface area (Å²) in [7, 11) is 0. The van der Waals surface area contributed by atoms with E-state index in [1.165, 1.54) is 27.5 Å². The first kappa shape index (κ1) is 31.9. The fourth-order valence-corrected chi connectivity index (χ4v) is 7.52. The van der Waals surface area contributed by atoms with E-state index in [1.54, 1.807) is 0 Å². The van der Waals surface area contributed by atoms with Crippen molar-refractivity contribution in [3.05, 3.63) is 212 Å². The molecule has 246 valence electrons. The van der Waals surface area contributed by atoms with Crippen LogP contribution in [0, 0.1) is 5.41 Å². The lowest BCUT2D eigenvalue weighted by Gasteiger charge is -2.45. The van der Waals surface area contributed by atoms with Gasteiger partial charge in [-0.1, -0.05) is 153 Å². The van der Waals surface area contributed by atoms with Gasteiger partial charge in [0.05, 0.1) is 11.7 Å². The summed E-state index contributed by atoms with van der Waals surface area (Å²) in [6.07, 6.45) is 19.4. The highest BCUT2D eigenvalue weighted by Crippen LogP contribution is 2.46. The van der Waals surface area contributed by atoms with Gasteiger partial charge in [-0.05, 0) is 94.7 Å². The SMILES string of the molecule is C=Cc1cccc(N(c2ccc(-c3ccc(N(c4cccc(C=C)c4)C4C=CC=C5C=CC=CC54C)cc3)cc2)c2cccc3ccccc23)c1. The minimum Gasteiger partial charge on any atom is -0.333 e. The minimum atomic E-state index is -0.177. The number of allylic oxidation sites excluding steroid dienone is 5. The third-order valence-corrected chi connectivity index (χ3v) is 10.3. The molecular weight excluding hydrogens is 617 g/mol. The lowest BCUT2D eigenvalue weighted by atomic mass is 9.70. The number of rotatable bonds is 9. The molecule has 2 atom stereocenters. The Balaban J connectivity index is 1.16. The second-order valence-corrected chi connectivity index (χ2v) is 13.3. The van der Waals surface area contributed by atoms with Crippen LogP contribution in [0.1, 0.15) is 18.1 Å². The van der Waals surface area contributed by atoms with Gasteiger partial charge in [0.15, 0.2) is 0 Å². The van der Waals surface area contributed by atoms with E-state index >= 15 is 0 Å². The molecule has 0 aromatic heterocycles. The molecule has 2 nitrogen and oxygen atoms in total. The Morgan fingerprint density at radius 2 is 1.22 bits per heavy atom. The molecule has 2 aliphatic carbocycles. The van der Waals surface area contributed by atoms with Crippen molar-refractivity contribution >= 4 is 51.4 Å². The van der Waals surface area contributed by atoms with Crippen molar-refractivity contribution in [2.24, 2.45) is 5.41 Å². The zero-order valence-electron chi connectivity index (χ0n) is 28.9. The maximum atomic E-state index is 4.04. The van der Waals surface area contributed by atoms with Crippen LogP contribution >= 0.6 is 0 Å². The summed E-state index contributed by atoms with van der Waals surface area (Å²) < 4.78 is 0. The number of nitrogens with zero attached hydrogens (tertiary/aromatic N) is 2. The van der Waals surface area contributed by atoms with E-state index in [4.69, 9.17) is 0 Å². The van der Waals surface area contributed by atoms with E-state index in [1.807, 2.05) is 12.2 Å². The maximum Gasteiger partial charge on any atom is 0.0654 e. The highest BCUT2D eigenvalue weighted by atomic mass is 15.2. The molecule has 0 N–H and O–H groups in total. The van der Waals surface area contributed by atoms with Gasteiger partial charge in [-0.3, -0.25) is 0 Å². The molecule has 0 fully saturated rings. The molecule has 2 aliphatic rings. The van der Waals surface area contributed by atoms with Crippen LogP contribution in [-0.2, 0) is 0 Å². The maximum absolute atomic E-state index is 4.04. The Morgan fingerprint density at radius 3 is 1.94 bits per heavy atom. The van der Waals surface area contributed by atoms with Crippen molar-refractivity contribution in [2.45, 2.75) is 13.0 Å². The summed E-state index contributed by atoms with van der Waals surface area (Å²) in [4.78, 5) is 4.81. The fraction of sp³-hybridized carbons (Fsp3) is 0.0612.